The van der Waals surface area contributed by atoms with Crippen molar-refractivity contribution in [2.45, 2.75) is 24.3 Å². The van der Waals surface area contributed by atoms with Crippen molar-refractivity contribution in [1.29, 1.82) is 0 Å². The highest BCUT2D eigenvalue weighted by Gasteiger charge is 2.17. The Labute approximate surface area is 131 Å². The van der Waals surface area contributed by atoms with Crippen LogP contribution >= 0.6 is 11.8 Å². The molecule has 0 saturated heterocycles. The van der Waals surface area contributed by atoms with Crippen LogP contribution in [0.5, 0.6) is 0 Å². The normalized spacial score (nSPS) is 14.7. The van der Waals surface area contributed by atoms with Crippen LogP contribution in [0.25, 0.3) is 0 Å². The van der Waals surface area contributed by atoms with Gasteiger partial charge in [0.2, 0.25) is 0 Å². The molecule has 2 aromatic rings. The largest absolute Gasteiger partial charge is 0.371 e. The van der Waals surface area contributed by atoms with Gasteiger partial charge in [-0.1, -0.05) is 30.3 Å². The molecular formula is C18H22N2S. The summed E-state index contributed by atoms with van der Waals surface area (Å²) >= 11 is 1.78. The second-order valence-electron chi connectivity index (χ2n) is 5.42. The second-order valence-corrected chi connectivity index (χ2v) is 6.27. The van der Waals surface area contributed by atoms with Crippen LogP contribution in [0, 0.1) is 0 Å². The third kappa shape index (κ3) is 2.94. The molecule has 2 nitrogen and oxygen atoms in total. The standard InChI is InChI=1S/C18H22N2S/c1-21-18-8-4-7-17(16(18)13-19)20-11-9-14-5-2-3-6-15(14)10-12-20/h2-8H,9-13,19H2,1H3. The molecule has 1 aliphatic rings. The van der Waals surface area contributed by atoms with E-state index in [2.05, 4.69) is 53.6 Å². The molecule has 0 spiro atoms. The van der Waals surface area contributed by atoms with Gasteiger partial charge in [-0.3, -0.25) is 0 Å². The molecule has 0 fully saturated rings. The highest BCUT2D eigenvalue weighted by molar-refractivity contribution is 7.98. The molecule has 0 bridgehead atoms. The van der Waals surface area contributed by atoms with E-state index in [4.69, 9.17) is 5.73 Å². The minimum Gasteiger partial charge on any atom is -0.371 e. The number of fused-ring (bicyclic) bond motifs is 1. The Balaban J connectivity index is 1.89. The number of nitrogens with zero attached hydrogens (tertiary/aromatic N) is 1. The lowest BCUT2D eigenvalue weighted by molar-refractivity contribution is 0.794. The molecule has 0 unspecified atom stereocenters. The topological polar surface area (TPSA) is 29.3 Å². The van der Waals surface area contributed by atoms with E-state index in [1.807, 2.05) is 0 Å². The fourth-order valence-corrected chi connectivity index (χ4v) is 3.80. The van der Waals surface area contributed by atoms with Crippen LogP contribution < -0.4 is 10.6 Å². The van der Waals surface area contributed by atoms with Crippen LogP contribution in [0.4, 0.5) is 5.69 Å². The van der Waals surface area contributed by atoms with Gasteiger partial charge >= 0.3 is 0 Å². The third-order valence-electron chi connectivity index (χ3n) is 4.29. The predicted molar refractivity (Wildman–Crippen MR) is 92.2 cm³/mol. The SMILES string of the molecule is CSc1cccc(N2CCc3ccccc3CC2)c1CN. The van der Waals surface area contributed by atoms with Crippen molar-refractivity contribution >= 4 is 17.4 Å². The summed E-state index contributed by atoms with van der Waals surface area (Å²) in [6, 6.07) is 15.4. The third-order valence-corrected chi connectivity index (χ3v) is 5.12. The average molecular weight is 298 g/mol. The lowest BCUT2D eigenvalue weighted by Gasteiger charge is -2.26. The van der Waals surface area contributed by atoms with Gasteiger partial charge in [-0.25, -0.2) is 0 Å². The van der Waals surface area contributed by atoms with E-state index in [-0.39, 0.29) is 0 Å². The number of anilines is 1. The summed E-state index contributed by atoms with van der Waals surface area (Å²) in [5.74, 6) is 0. The minimum absolute atomic E-state index is 0.607. The lowest BCUT2D eigenvalue weighted by Crippen LogP contribution is -2.27. The second kappa shape index (κ2) is 6.54. The quantitative estimate of drug-likeness (QED) is 0.880. The fourth-order valence-electron chi connectivity index (χ4n) is 3.16. The zero-order valence-electron chi connectivity index (χ0n) is 12.5. The Kier molecular flexibility index (Phi) is 4.51. The molecule has 0 amide bonds. The molecule has 0 radical (unpaired) electrons. The molecule has 2 aromatic carbocycles. The molecule has 1 heterocycles. The fraction of sp³-hybridized carbons (Fsp3) is 0.333. The van der Waals surface area contributed by atoms with E-state index < -0.39 is 0 Å². The maximum absolute atomic E-state index is 6.02. The van der Waals surface area contributed by atoms with Crippen molar-refractivity contribution in [3.8, 4) is 0 Å². The molecule has 2 N–H and O–H groups in total. The number of benzene rings is 2. The van der Waals surface area contributed by atoms with Crippen LogP contribution in [-0.2, 0) is 19.4 Å². The van der Waals surface area contributed by atoms with E-state index in [9.17, 15) is 0 Å². The number of nitrogens with two attached hydrogens (primary N) is 1. The maximum atomic E-state index is 6.02. The predicted octanol–water partition coefficient (Wildman–Crippen LogP) is 3.47. The van der Waals surface area contributed by atoms with Gasteiger partial charge in [-0.15, -0.1) is 11.8 Å². The Morgan fingerprint density at radius 3 is 2.24 bits per heavy atom. The van der Waals surface area contributed by atoms with Gasteiger partial charge < -0.3 is 10.6 Å². The van der Waals surface area contributed by atoms with E-state index in [1.165, 1.54) is 27.3 Å². The Morgan fingerprint density at radius 1 is 1.00 bits per heavy atom. The molecule has 0 aliphatic carbocycles. The summed E-state index contributed by atoms with van der Waals surface area (Å²) in [5.41, 5.74) is 11.6. The van der Waals surface area contributed by atoms with Gasteiger partial charge in [0, 0.05) is 35.8 Å². The molecule has 3 heteroatoms. The number of rotatable bonds is 3. The first-order chi connectivity index (χ1) is 10.3. The smallest absolute Gasteiger partial charge is 0.0423 e. The van der Waals surface area contributed by atoms with Crippen molar-refractivity contribution in [1.82, 2.24) is 0 Å². The van der Waals surface area contributed by atoms with Crippen molar-refractivity contribution in [3.63, 3.8) is 0 Å². The molecule has 0 saturated carbocycles. The Bertz CT molecular complexity index is 597. The number of thioether (sulfide) groups is 1. The summed E-state index contributed by atoms with van der Waals surface area (Å²) in [7, 11) is 0. The number of hydrogen-bond acceptors (Lipinski definition) is 3. The van der Waals surface area contributed by atoms with E-state index in [0.29, 0.717) is 6.54 Å². The highest BCUT2D eigenvalue weighted by Crippen LogP contribution is 2.30. The summed E-state index contributed by atoms with van der Waals surface area (Å²) in [6.45, 7) is 2.75. The molecule has 1 aliphatic heterocycles. The zero-order chi connectivity index (χ0) is 14.7. The van der Waals surface area contributed by atoms with Gasteiger partial charge in [-0.2, -0.15) is 0 Å². The average Bonchev–Trinajstić information content (AvgIpc) is 2.76. The Morgan fingerprint density at radius 2 is 1.67 bits per heavy atom. The Hall–Kier alpha value is -1.45. The van der Waals surface area contributed by atoms with Gasteiger partial charge in [0.25, 0.3) is 0 Å². The first-order valence-electron chi connectivity index (χ1n) is 7.51. The van der Waals surface area contributed by atoms with Crippen molar-refractivity contribution in [2.75, 3.05) is 24.2 Å². The van der Waals surface area contributed by atoms with Gasteiger partial charge in [0.15, 0.2) is 0 Å². The molecule has 0 aromatic heterocycles. The van der Waals surface area contributed by atoms with Crippen LogP contribution in [0.2, 0.25) is 0 Å². The monoisotopic (exact) mass is 298 g/mol. The van der Waals surface area contributed by atoms with Crippen LogP contribution in [0.1, 0.15) is 16.7 Å². The van der Waals surface area contributed by atoms with E-state index >= 15 is 0 Å². The molecule has 21 heavy (non-hydrogen) atoms. The molecule has 3 rings (SSSR count). The first kappa shape index (κ1) is 14.5. The van der Waals surface area contributed by atoms with E-state index in [0.717, 1.165) is 25.9 Å². The van der Waals surface area contributed by atoms with Crippen LogP contribution in [-0.4, -0.2) is 19.3 Å². The van der Waals surface area contributed by atoms with Crippen LogP contribution in [0.15, 0.2) is 47.4 Å². The lowest BCUT2D eigenvalue weighted by atomic mass is 10.0. The van der Waals surface area contributed by atoms with Crippen molar-refractivity contribution in [3.05, 3.63) is 59.2 Å². The first-order valence-corrected chi connectivity index (χ1v) is 8.73. The summed E-state index contributed by atoms with van der Waals surface area (Å²) in [5, 5.41) is 0. The van der Waals surface area contributed by atoms with Gasteiger partial charge in [0.1, 0.15) is 0 Å². The highest BCUT2D eigenvalue weighted by atomic mass is 32.2. The summed E-state index contributed by atoms with van der Waals surface area (Å²) in [6.07, 6.45) is 4.35. The van der Waals surface area contributed by atoms with E-state index in [1.54, 1.807) is 11.8 Å². The van der Waals surface area contributed by atoms with Gasteiger partial charge in [0.05, 0.1) is 0 Å². The summed E-state index contributed by atoms with van der Waals surface area (Å²) < 4.78 is 0. The van der Waals surface area contributed by atoms with Crippen molar-refractivity contribution in [2.24, 2.45) is 5.73 Å². The maximum Gasteiger partial charge on any atom is 0.0423 e. The zero-order valence-corrected chi connectivity index (χ0v) is 13.3. The minimum atomic E-state index is 0.607. The molecular weight excluding hydrogens is 276 g/mol. The molecule has 110 valence electrons. The number of hydrogen-bond donors (Lipinski definition) is 1. The van der Waals surface area contributed by atoms with Crippen LogP contribution in [0.3, 0.4) is 0 Å². The summed E-state index contributed by atoms with van der Waals surface area (Å²) in [4.78, 5) is 3.80. The van der Waals surface area contributed by atoms with Gasteiger partial charge in [-0.05, 0) is 42.4 Å². The van der Waals surface area contributed by atoms with Crippen molar-refractivity contribution < 1.29 is 0 Å². The molecule has 0 atom stereocenters.